The van der Waals surface area contributed by atoms with Crippen molar-refractivity contribution in [3.05, 3.63) is 22.4 Å². The molecule has 0 aliphatic rings. The summed E-state index contributed by atoms with van der Waals surface area (Å²) >= 11 is 3.19. The molecule has 0 saturated heterocycles. The van der Waals surface area contributed by atoms with Crippen LogP contribution >= 0.6 is 15.9 Å². The molecule has 0 aromatic carbocycles. The smallest absolute Gasteiger partial charge is 0.273 e. The summed E-state index contributed by atoms with van der Waals surface area (Å²) < 4.78 is 0.383. The number of nitrogens with one attached hydrogen (secondary N) is 1. The highest BCUT2D eigenvalue weighted by Gasteiger charge is 2.20. The summed E-state index contributed by atoms with van der Waals surface area (Å²) in [6, 6.07) is 0. The fourth-order valence-electron chi connectivity index (χ4n) is 1.29. The van der Waals surface area contributed by atoms with E-state index in [1.165, 1.54) is 6.08 Å². The summed E-state index contributed by atoms with van der Waals surface area (Å²) in [7, 11) is 0. The number of carbonyl (C=O) groups excluding carboxylic acids is 1. The minimum atomic E-state index is -0.466. The van der Waals surface area contributed by atoms with Gasteiger partial charge in [-0.2, -0.15) is 0 Å². The number of aromatic hydroxyl groups is 1. The first-order chi connectivity index (χ1) is 8.06. The van der Waals surface area contributed by atoms with E-state index in [-0.39, 0.29) is 17.1 Å². The number of rotatable bonds is 4. The van der Waals surface area contributed by atoms with Gasteiger partial charge in [0.15, 0.2) is 11.4 Å². The third kappa shape index (κ3) is 2.52. The van der Waals surface area contributed by atoms with Gasteiger partial charge in [0, 0.05) is 12.1 Å². The van der Waals surface area contributed by atoms with Crippen LogP contribution in [0.4, 0.5) is 5.69 Å². The van der Waals surface area contributed by atoms with Gasteiger partial charge in [0.25, 0.3) is 5.91 Å². The zero-order valence-corrected chi connectivity index (χ0v) is 10.9. The Labute approximate surface area is 107 Å². The molecule has 0 unspecified atom stereocenters. The molecule has 0 aliphatic heterocycles. The fraction of sp³-hybridized carbons (Fsp3) is 0.182. The largest absolute Gasteiger partial charge is 0.504 e. The molecule has 1 amide bonds. The number of nitrogens with zero attached hydrogens (tertiary/aromatic N) is 2. The average molecular weight is 298 g/mol. The van der Waals surface area contributed by atoms with E-state index in [0.717, 1.165) is 0 Å². The van der Waals surface area contributed by atoms with Crippen molar-refractivity contribution < 1.29 is 9.90 Å². The van der Waals surface area contributed by atoms with Crippen LogP contribution in [0.15, 0.2) is 16.2 Å². The molecule has 0 spiro atoms. The van der Waals surface area contributed by atoms with E-state index in [1.54, 1.807) is 6.92 Å². The Morgan fingerprint density at radius 1 is 1.71 bits per heavy atom. The minimum Gasteiger partial charge on any atom is -0.504 e. The Bertz CT molecular complexity index is 486. The lowest BCUT2D eigenvalue weighted by atomic mass is 10.2. The highest BCUT2D eigenvalue weighted by Crippen LogP contribution is 2.37. The van der Waals surface area contributed by atoms with Crippen LogP contribution in [0.2, 0.25) is 0 Å². The van der Waals surface area contributed by atoms with Crippen LogP contribution in [0.3, 0.4) is 0 Å². The predicted molar refractivity (Wildman–Crippen MR) is 70.9 cm³/mol. The highest BCUT2D eigenvalue weighted by atomic mass is 79.9. The van der Waals surface area contributed by atoms with E-state index in [4.69, 9.17) is 0 Å². The van der Waals surface area contributed by atoms with Crippen molar-refractivity contribution in [3.8, 4) is 5.75 Å². The first kappa shape index (κ1) is 13.4. The predicted octanol–water partition coefficient (Wildman–Crippen LogP) is 2.27. The second-order valence-corrected chi connectivity index (χ2v) is 3.83. The number of pyridine rings is 1. The molecule has 17 heavy (non-hydrogen) atoms. The molecular weight excluding hydrogens is 286 g/mol. The lowest BCUT2D eigenvalue weighted by Crippen LogP contribution is -2.24. The maximum atomic E-state index is 11.6. The Morgan fingerprint density at radius 2 is 2.35 bits per heavy atom. The maximum absolute atomic E-state index is 11.6. The number of hydrogen-bond donors (Lipinski definition) is 2. The highest BCUT2D eigenvalue weighted by molar-refractivity contribution is 9.10. The van der Waals surface area contributed by atoms with Gasteiger partial charge in [-0.05, 0) is 29.6 Å². The Kier molecular flexibility index (Phi) is 4.39. The number of carbonyl (C=O) groups is 1. The van der Waals surface area contributed by atoms with E-state index < -0.39 is 5.91 Å². The quantitative estimate of drug-likeness (QED) is 0.661. The molecule has 0 radical (unpaired) electrons. The number of amides is 1. The molecule has 2 N–H and O–H groups in total. The molecule has 90 valence electrons. The monoisotopic (exact) mass is 297 g/mol. The fourth-order valence-corrected chi connectivity index (χ4v) is 1.82. The number of aliphatic imine (C=N–C) groups is 1. The van der Waals surface area contributed by atoms with Crippen LogP contribution in [-0.4, -0.2) is 29.3 Å². The van der Waals surface area contributed by atoms with E-state index in [0.29, 0.717) is 16.7 Å². The van der Waals surface area contributed by atoms with Gasteiger partial charge >= 0.3 is 0 Å². The van der Waals surface area contributed by atoms with Gasteiger partial charge in [-0.1, -0.05) is 12.7 Å². The van der Waals surface area contributed by atoms with Crippen LogP contribution in [-0.2, 0) is 0 Å². The standard InChI is InChI=1S/C11H12BrN3O2/c1-4-6-7(13-3)9(16)8(15-10(6)12)11(17)14-5-2/h4,16H,1,3,5H2,2H3,(H,14,17). The van der Waals surface area contributed by atoms with Crippen molar-refractivity contribution in [2.24, 2.45) is 4.99 Å². The van der Waals surface area contributed by atoms with Gasteiger partial charge in [-0.3, -0.25) is 9.79 Å². The van der Waals surface area contributed by atoms with Crippen LogP contribution in [0, 0.1) is 0 Å². The molecule has 0 fully saturated rings. The summed E-state index contributed by atoms with van der Waals surface area (Å²) in [5, 5.41) is 12.4. The first-order valence-electron chi connectivity index (χ1n) is 4.86. The van der Waals surface area contributed by atoms with Gasteiger partial charge in [0.2, 0.25) is 0 Å². The van der Waals surface area contributed by atoms with Crippen molar-refractivity contribution in [1.82, 2.24) is 10.3 Å². The van der Waals surface area contributed by atoms with Gasteiger partial charge in [-0.25, -0.2) is 4.98 Å². The molecule has 1 heterocycles. The SMILES string of the molecule is C=Cc1c(Br)nc(C(=O)NCC)c(O)c1N=C. The summed E-state index contributed by atoms with van der Waals surface area (Å²) in [4.78, 5) is 19.3. The molecule has 0 aliphatic carbocycles. The van der Waals surface area contributed by atoms with E-state index in [9.17, 15) is 9.90 Å². The zero-order chi connectivity index (χ0) is 13.0. The average Bonchev–Trinajstić information content (AvgIpc) is 2.31. The summed E-state index contributed by atoms with van der Waals surface area (Å²) in [5.41, 5.74) is 0.584. The van der Waals surface area contributed by atoms with Gasteiger partial charge in [0.05, 0.1) is 0 Å². The van der Waals surface area contributed by atoms with Crippen LogP contribution in [0.5, 0.6) is 5.75 Å². The molecule has 1 aromatic rings. The Hall–Kier alpha value is -1.69. The molecule has 5 nitrogen and oxygen atoms in total. The van der Waals surface area contributed by atoms with Crippen molar-refractivity contribution in [2.45, 2.75) is 6.92 Å². The summed E-state index contributed by atoms with van der Waals surface area (Å²) in [5.74, 6) is -0.768. The van der Waals surface area contributed by atoms with Crippen molar-refractivity contribution in [1.29, 1.82) is 0 Å². The lowest BCUT2D eigenvalue weighted by Gasteiger charge is -2.10. The van der Waals surface area contributed by atoms with Crippen molar-refractivity contribution >= 4 is 40.3 Å². The van der Waals surface area contributed by atoms with Gasteiger partial charge < -0.3 is 10.4 Å². The van der Waals surface area contributed by atoms with E-state index >= 15 is 0 Å². The first-order valence-corrected chi connectivity index (χ1v) is 5.65. The van der Waals surface area contributed by atoms with Crippen molar-refractivity contribution in [2.75, 3.05) is 6.54 Å². The van der Waals surface area contributed by atoms with Crippen molar-refractivity contribution in [3.63, 3.8) is 0 Å². The molecule has 1 rings (SSSR count). The topological polar surface area (TPSA) is 74.6 Å². The Morgan fingerprint density at radius 3 is 2.82 bits per heavy atom. The number of aromatic nitrogens is 1. The van der Waals surface area contributed by atoms with Crippen LogP contribution in [0.25, 0.3) is 6.08 Å². The van der Waals surface area contributed by atoms with Crippen LogP contribution in [0.1, 0.15) is 23.0 Å². The molecular formula is C11H12BrN3O2. The third-order valence-corrected chi connectivity index (χ3v) is 2.66. The number of halogens is 1. The van der Waals surface area contributed by atoms with Gasteiger partial charge in [-0.15, -0.1) is 0 Å². The lowest BCUT2D eigenvalue weighted by molar-refractivity contribution is 0.0948. The zero-order valence-electron chi connectivity index (χ0n) is 9.33. The normalized spacial score (nSPS) is 9.76. The maximum Gasteiger partial charge on any atom is 0.273 e. The molecule has 0 saturated carbocycles. The molecule has 0 atom stereocenters. The minimum absolute atomic E-state index is 0.0910. The number of hydrogen-bond acceptors (Lipinski definition) is 4. The summed E-state index contributed by atoms with van der Waals surface area (Å²) in [6.07, 6.45) is 1.47. The third-order valence-electron chi connectivity index (χ3n) is 2.05. The van der Waals surface area contributed by atoms with Crippen LogP contribution < -0.4 is 5.32 Å². The summed E-state index contributed by atoms with van der Waals surface area (Å²) in [6.45, 7) is 9.15. The van der Waals surface area contributed by atoms with Gasteiger partial charge in [0.1, 0.15) is 10.3 Å². The molecule has 0 bridgehead atoms. The van der Waals surface area contributed by atoms with E-state index in [1.807, 2.05) is 0 Å². The second kappa shape index (κ2) is 5.58. The second-order valence-electron chi connectivity index (χ2n) is 3.08. The molecule has 1 aromatic heterocycles. The molecule has 6 heteroatoms. The Balaban J connectivity index is 3.45. The van der Waals surface area contributed by atoms with E-state index in [2.05, 4.69) is 44.5 Å².